The highest BCUT2D eigenvalue weighted by atomic mass is 32.2. The topological polar surface area (TPSA) is 120 Å². The molecule has 0 spiro atoms. The molecule has 3 aromatic rings. The molecule has 5 rings (SSSR count). The first-order chi connectivity index (χ1) is 20.6. The van der Waals surface area contributed by atoms with Crippen LogP contribution in [0.2, 0.25) is 0 Å². The maximum Gasteiger partial charge on any atom is 0.238 e. The summed E-state index contributed by atoms with van der Waals surface area (Å²) in [5.74, 6) is -1.68. The number of sulfonamides is 1. The summed E-state index contributed by atoms with van der Waals surface area (Å²) >= 11 is 0. The molecular weight excluding hydrogens is 572 g/mol. The van der Waals surface area contributed by atoms with Crippen LogP contribution in [0.5, 0.6) is 0 Å². The maximum atomic E-state index is 13.9. The van der Waals surface area contributed by atoms with Gasteiger partial charge >= 0.3 is 0 Å². The van der Waals surface area contributed by atoms with Crippen LogP contribution in [0.4, 0.5) is 14.5 Å². The predicted molar refractivity (Wildman–Crippen MR) is 162 cm³/mol. The van der Waals surface area contributed by atoms with Crippen molar-refractivity contribution in [2.45, 2.75) is 36.6 Å². The van der Waals surface area contributed by atoms with Crippen molar-refractivity contribution >= 4 is 33.5 Å². The summed E-state index contributed by atoms with van der Waals surface area (Å²) in [4.78, 5) is 22.8. The number of benzene rings is 3. The Morgan fingerprint density at radius 2 is 1.53 bits per heavy atom. The van der Waals surface area contributed by atoms with Gasteiger partial charge in [0.25, 0.3) is 0 Å². The first-order valence-corrected chi connectivity index (χ1v) is 15.9. The summed E-state index contributed by atoms with van der Waals surface area (Å²) in [5.41, 5.74) is 3.08. The fraction of sp³-hybridized carbons (Fsp3) is 0.344. The summed E-state index contributed by atoms with van der Waals surface area (Å²) in [6, 6.07) is 18.7. The first-order valence-electron chi connectivity index (χ1n) is 14.3. The van der Waals surface area contributed by atoms with Gasteiger partial charge in [-0.15, -0.1) is 0 Å². The number of amides is 1. The average molecular weight is 608 g/mol. The Kier molecular flexibility index (Phi) is 9.43. The molecular formula is C32H35F2N5O3S. The van der Waals surface area contributed by atoms with Gasteiger partial charge in [0.2, 0.25) is 15.9 Å². The summed E-state index contributed by atoms with van der Waals surface area (Å²) in [6.45, 7) is 3.10. The predicted octanol–water partition coefficient (Wildman–Crippen LogP) is 4.88. The number of carbonyl (C=O) groups excluding carboxylic acids is 1. The molecule has 8 nitrogen and oxygen atoms in total. The molecule has 2 fully saturated rings. The van der Waals surface area contributed by atoms with Gasteiger partial charge in [-0.3, -0.25) is 14.7 Å². The number of carbonyl (C=O) groups is 1. The summed E-state index contributed by atoms with van der Waals surface area (Å²) in [6.07, 6.45) is 3.34. The van der Waals surface area contributed by atoms with E-state index in [9.17, 15) is 22.0 Å². The molecule has 1 amide bonds. The SMILES string of the molecule is N=CC(C(=O)N1CCC(c2ccc(F)cc2)C1)C(=Nc1ccc(F)cc1)C1CCN(Cc2ccc(S(N)(=O)=O)cc2)CC1. The van der Waals surface area contributed by atoms with E-state index >= 15 is 0 Å². The second kappa shape index (κ2) is 13.2. The van der Waals surface area contributed by atoms with Gasteiger partial charge in [0.05, 0.1) is 10.6 Å². The molecule has 11 heteroatoms. The van der Waals surface area contributed by atoms with Crippen LogP contribution in [0.3, 0.4) is 0 Å². The van der Waals surface area contributed by atoms with Crippen molar-refractivity contribution in [1.82, 2.24) is 9.80 Å². The molecule has 226 valence electrons. The normalized spacial score (nSPS) is 19.4. The number of hydrogen-bond donors (Lipinski definition) is 2. The van der Waals surface area contributed by atoms with Crippen LogP contribution in [0, 0.1) is 28.9 Å². The van der Waals surface area contributed by atoms with Gasteiger partial charge in [-0.1, -0.05) is 24.3 Å². The second-order valence-electron chi connectivity index (χ2n) is 11.2. The summed E-state index contributed by atoms with van der Waals surface area (Å²) in [5, 5.41) is 13.5. The van der Waals surface area contributed by atoms with Gasteiger partial charge in [0, 0.05) is 43.4 Å². The van der Waals surface area contributed by atoms with Crippen molar-refractivity contribution in [2.24, 2.45) is 22.0 Å². The third kappa shape index (κ3) is 7.59. The zero-order chi connectivity index (χ0) is 30.6. The lowest BCUT2D eigenvalue weighted by Gasteiger charge is -2.34. The monoisotopic (exact) mass is 607 g/mol. The van der Waals surface area contributed by atoms with Gasteiger partial charge in [-0.05, 0) is 92.0 Å². The molecule has 43 heavy (non-hydrogen) atoms. The first kappa shape index (κ1) is 30.7. The third-order valence-electron chi connectivity index (χ3n) is 8.34. The van der Waals surface area contributed by atoms with E-state index in [1.54, 1.807) is 41.3 Å². The van der Waals surface area contributed by atoms with Crippen molar-refractivity contribution in [1.29, 1.82) is 5.41 Å². The van der Waals surface area contributed by atoms with E-state index in [-0.39, 0.29) is 34.3 Å². The maximum absolute atomic E-state index is 13.9. The molecule has 0 bridgehead atoms. The average Bonchev–Trinajstić information content (AvgIpc) is 3.49. The smallest absolute Gasteiger partial charge is 0.238 e. The Labute approximate surface area is 250 Å². The quantitative estimate of drug-likeness (QED) is 0.337. The lowest BCUT2D eigenvalue weighted by molar-refractivity contribution is -0.130. The second-order valence-corrected chi connectivity index (χ2v) is 12.8. The molecule has 0 radical (unpaired) electrons. The van der Waals surface area contributed by atoms with Gasteiger partial charge in [-0.2, -0.15) is 0 Å². The zero-order valence-corrected chi connectivity index (χ0v) is 24.5. The van der Waals surface area contributed by atoms with Crippen molar-refractivity contribution in [3.05, 3.63) is 95.6 Å². The van der Waals surface area contributed by atoms with Crippen molar-refractivity contribution in [3.8, 4) is 0 Å². The number of nitrogens with zero attached hydrogens (tertiary/aromatic N) is 3. The Bertz CT molecular complexity index is 1570. The van der Waals surface area contributed by atoms with Crippen LogP contribution >= 0.6 is 0 Å². The van der Waals surface area contributed by atoms with Crippen molar-refractivity contribution in [2.75, 3.05) is 26.2 Å². The lowest BCUT2D eigenvalue weighted by Crippen LogP contribution is -2.44. The van der Waals surface area contributed by atoms with E-state index in [4.69, 9.17) is 15.5 Å². The summed E-state index contributed by atoms with van der Waals surface area (Å²) in [7, 11) is -3.75. The van der Waals surface area contributed by atoms with Gasteiger partial charge in [0.1, 0.15) is 17.6 Å². The van der Waals surface area contributed by atoms with Gasteiger partial charge < -0.3 is 10.3 Å². The highest BCUT2D eigenvalue weighted by Crippen LogP contribution is 2.31. The Balaban J connectivity index is 1.31. The zero-order valence-electron chi connectivity index (χ0n) is 23.7. The van der Waals surface area contributed by atoms with Crippen LogP contribution in [0.1, 0.15) is 36.3 Å². The van der Waals surface area contributed by atoms with Crippen LogP contribution in [-0.4, -0.2) is 62.2 Å². The molecule has 0 saturated carbocycles. The van der Waals surface area contributed by atoms with E-state index in [0.29, 0.717) is 43.9 Å². The van der Waals surface area contributed by atoms with Crippen LogP contribution in [0.25, 0.3) is 0 Å². The fourth-order valence-corrected chi connectivity index (χ4v) is 6.47. The molecule has 3 aromatic carbocycles. The Hall–Kier alpha value is -3.80. The number of likely N-dealkylation sites (tertiary alicyclic amines) is 2. The van der Waals surface area contributed by atoms with E-state index in [1.807, 2.05) is 0 Å². The van der Waals surface area contributed by atoms with Crippen LogP contribution < -0.4 is 5.14 Å². The third-order valence-corrected chi connectivity index (χ3v) is 9.27. The number of nitrogens with two attached hydrogens (primary N) is 1. The molecule has 0 aromatic heterocycles. The molecule has 2 saturated heterocycles. The molecule has 3 N–H and O–H groups in total. The Morgan fingerprint density at radius 3 is 2.12 bits per heavy atom. The molecule has 0 aliphatic carbocycles. The van der Waals surface area contributed by atoms with Gasteiger partial charge in [0.15, 0.2) is 0 Å². The van der Waals surface area contributed by atoms with Crippen molar-refractivity contribution in [3.63, 3.8) is 0 Å². The largest absolute Gasteiger partial charge is 0.341 e. The number of halogens is 2. The minimum absolute atomic E-state index is 0.0582. The summed E-state index contributed by atoms with van der Waals surface area (Å²) < 4.78 is 50.2. The minimum Gasteiger partial charge on any atom is -0.341 e. The minimum atomic E-state index is -3.75. The molecule has 2 atom stereocenters. The number of hydrogen-bond acceptors (Lipinski definition) is 6. The number of nitrogens with one attached hydrogen (secondary N) is 1. The lowest BCUT2D eigenvalue weighted by atomic mass is 9.84. The van der Waals surface area contributed by atoms with E-state index in [2.05, 4.69) is 4.90 Å². The van der Waals surface area contributed by atoms with E-state index in [0.717, 1.165) is 36.9 Å². The molecule has 2 heterocycles. The Morgan fingerprint density at radius 1 is 0.930 bits per heavy atom. The van der Waals surface area contributed by atoms with Gasteiger partial charge in [-0.25, -0.2) is 22.3 Å². The highest BCUT2D eigenvalue weighted by Gasteiger charge is 2.36. The van der Waals surface area contributed by atoms with Crippen LogP contribution in [-0.2, 0) is 21.4 Å². The van der Waals surface area contributed by atoms with Crippen molar-refractivity contribution < 1.29 is 22.0 Å². The van der Waals surface area contributed by atoms with Crippen LogP contribution in [0.15, 0.2) is 82.7 Å². The standard InChI is InChI=1S/C32H35F2N5O3S/c33-26-5-3-23(4-6-26)25-15-18-39(21-25)32(40)30(19-35)31(37-28-9-7-27(34)8-10-28)24-13-16-38(17-14-24)20-22-1-11-29(12-2-22)43(36,41)42/h1-12,19,24-25,30,35H,13-18,20-21H2,(H2,36,41,42). The molecule has 2 aliphatic heterocycles. The highest BCUT2D eigenvalue weighted by molar-refractivity contribution is 7.89. The number of piperidine rings is 1. The number of primary sulfonamides is 1. The van der Waals surface area contributed by atoms with E-state index in [1.165, 1.54) is 36.4 Å². The molecule has 2 aliphatic rings. The number of aliphatic imine (C=N–C) groups is 1. The van der Waals surface area contributed by atoms with E-state index < -0.39 is 15.9 Å². The number of rotatable bonds is 9. The fourth-order valence-electron chi connectivity index (χ4n) is 5.96. The molecule has 2 unspecified atom stereocenters.